The first kappa shape index (κ1) is 20.5. The third-order valence-corrected chi connectivity index (χ3v) is 5.64. The molecule has 2 heterocycles. The largest absolute Gasteiger partial charge is 0.497 e. The van der Waals surface area contributed by atoms with Gasteiger partial charge in [0.25, 0.3) is 11.1 Å². The van der Waals surface area contributed by atoms with E-state index in [-0.39, 0.29) is 22.6 Å². The zero-order valence-electron chi connectivity index (χ0n) is 17.1. The van der Waals surface area contributed by atoms with Crippen LogP contribution < -0.4 is 29.9 Å². The normalized spacial score (nSPS) is 11.6. The number of hydrogen-bond donors (Lipinski definition) is 0. The van der Waals surface area contributed by atoms with Crippen molar-refractivity contribution in [2.75, 3.05) is 21.3 Å². The molecule has 0 aliphatic heterocycles. The Kier molecular flexibility index (Phi) is 5.68. The molecule has 0 aliphatic rings. The van der Waals surface area contributed by atoms with E-state index in [0.717, 1.165) is 28.2 Å². The molecule has 2 aromatic carbocycles. The van der Waals surface area contributed by atoms with Crippen molar-refractivity contribution >= 4 is 22.4 Å². The van der Waals surface area contributed by atoms with Gasteiger partial charge < -0.3 is 14.2 Å². The van der Waals surface area contributed by atoms with Gasteiger partial charge in [0, 0.05) is 6.42 Å². The van der Waals surface area contributed by atoms with Crippen LogP contribution in [0.5, 0.6) is 17.2 Å². The summed E-state index contributed by atoms with van der Waals surface area (Å²) in [6.07, 6.45) is 1.95. The summed E-state index contributed by atoms with van der Waals surface area (Å²) in [5.41, 5.74) is 1.01. The van der Waals surface area contributed by atoms with Gasteiger partial charge in [-0.3, -0.25) is 9.59 Å². The molecule has 4 aromatic rings. The second-order valence-corrected chi connectivity index (χ2v) is 7.62. The van der Waals surface area contributed by atoms with Gasteiger partial charge in [0.15, 0.2) is 11.5 Å². The van der Waals surface area contributed by atoms with Crippen molar-refractivity contribution in [2.45, 2.75) is 6.42 Å². The molecule has 0 radical (unpaired) electrons. The molecule has 0 spiro atoms. The molecule has 0 aliphatic carbocycles. The van der Waals surface area contributed by atoms with Gasteiger partial charge in [-0.25, -0.2) is 0 Å². The minimum Gasteiger partial charge on any atom is -0.497 e. The highest BCUT2D eigenvalue weighted by Crippen LogP contribution is 2.28. The van der Waals surface area contributed by atoms with Crippen LogP contribution >= 0.6 is 11.3 Å². The van der Waals surface area contributed by atoms with Crippen LogP contribution in [0, 0.1) is 0 Å². The molecule has 0 bridgehead atoms. The van der Waals surface area contributed by atoms with Crippen molar-refractivity contribution in [1.29, 1.82) is 0 Å². The molecule has 8 nitrogen and oxygen atoms in total. The van der Waals surface area contributed by atoms with E-state index < -0.39 is 5.56 Å². The Morgan fingerprint density at radius 2 is 1.71 bits per heavy atom. The van der Waals surface area contributed by atoms with Gasteiger partial charge in [-0.1, -0.05) is 29.5 Å². The minimum atomic E-state index is -0.466. The Bertz CT molecular complexity index is 1410. The average Bonchev–Trinajstić information content (AvgIpc) is 3.08. The van der Waals surface area contributed by atoms with Gasteiger partial charge in [-0.05, 0) is 41.5 Å². The molecular formula is C22H19N3O5S. The number of hydrogen-bond acceptors (Lipinski definition) is 8. The maximum atomic E-state index is 12.8. The third kappa shape index (κ3) is 4.13. The third-order valence-electron chi connectivity index (χ3n) is 4.68. The molecule has 0 saturated carbocycles. The number of nitrogens with zero attached hydrogens (tertiary/aromatic N) is 3. The van der Waals surface area contributed by atoms with Gasteiger partial charge >= 0.3 is 0 Å². The summed E-state index contributed by atoms with van der Waals surface area (Å²) in [4.78, 5) is 29.7. The molecule has 0 unspecified atom stereocenters. The quantitative estimate of drug-likeness (QED) is 0.453. The number of benzene rings is 2. The molecule has 0 N–H and O–H groups in total. The Morgan fingerprint density at radius 3 is 2.39 bits per heavy atom. The van der Waals surface area contributed by atoms with Crippen LogP contribution in [0.1, 0.15) is 16.8 Å². The van der Waals surface area contributed by atoms with Gasteiger partial charge in [0.2, 0.25) is 4.96 Å². The zero-order valence-corrected chi connectivity index (χ0v) is 17.9. The maximum absolute atomic E-state index is 12.8. The minimum absolute atomic E-state index is 0.176. The van der Waals surface area contributed by atoms with E-state index in [2.05, 4.69) is 10.1 Å². The van der Waals surface area contributed by atoms with Crippen LogP contribution in [0.15, 0.2) is 52.1 Å². The number of rotatable bonds is 6. The van der Waals surface area contributed by atoms with E-state index in [0.29, 0.717) is 16.0 Å². The molecule has 158 valence electrons. The van der Waals surface area contributed by atoms with Crippen LogP contribution in [0.3, 0.4) is 0 Å². The lowest BCUT2D eigenvalue weighted by Gasteiger charge is -2.09. The lowest BCUT2D eigenvalue weighted by molar-refractivity contribution is 0.354. The molecule has 9 heteroatoms. The van der Waals surface area contributed by atoms with Crippen molar-refractivity contribution in [1.82, 2.24) is 14.6 Å². The lowest BCUT2D eigenvalue weighted by atomic mass is 10.1. The van der Waals surface area contributed by atoms with E-state index in [1.54, 1.807) is 32.4 Å². The summed E-state index contributed by atoms with van der Waals surface area (Å²) < 4.78 is 17.3. The fourth-order valence-electron chi connectivity index (χ4n) is 3.09. The van der Waals surface area contributed by atoms with Gasteiger partial charge in [-0.2, -0.15) is 14.6 Å². The Morgan fingerprint density at radius 1 is 0.968 bits per heavy atom. The van der Waals surface area contributed by atoms with E-state index in [1.807, 2.05) is 30.3 Å². The highest BCUT2D eigenvalue weighted by atomic mass is 32.1. The van der Waals surface area contributed by atoms with Gasteiger partial charge in [0.05, 0.1) is 25.9 Å². The van der Waals surface area contributed by atoms with Crippen LogP contribution in [-0.4, -0.2) is 35.9 Å². The molecule has 0 saturated heterocycles. The predicted molar refractivity (Wildman–Crippen MR) is 118 cm³/mol. The summed E-state index contributed by atoms with van der Waals surface area (Å²) in [6, 6.07) is 12.6. The molecule has 31 heavy (non-hydrogen) atoms. The fourth-order valence-corrected chi connectivity index (χ4v) is 3.99. The second kappa shape index (κ2) is 8.57. The number of fused-ring (bicyclic) bond motifs is 1. The summed E-state index contributed by atoms with van der Waals surface area (Å²) in [5.74, 6) is 1.86. The summed E-state index contributed by atoms with van der Waals surface area (Å²) in [5, 5.41) is 4.28. The summed E-state index contributed by atoms with van der Waals surface area (Å²) in [7, 11) is 4.68. The summed E-state index contributed by atoms with van der Waals surface area (Å²) in [6.45, 7) is 0. The van der Waals surface area contributed by atoms with E-state index in [1.165, 1.54) is 11.6 Å². The highest BCUT2D eigenvalue weighted by molar-refractivity contribution is 7.15. The topological polar surface area (TPSA) is 92.0 Å². The SMILES string of the molecule is COc1ccc(/C=c2/sc3nc(=O)c(Cc4ccc(OC)c(OC)c4)nn3c2=O)cc1. The molecule has 0 fully saturated rings. The van der Waals surface area contributed by atoms with Crippen molar-refractivity contribution in [2.24, 2.45) is 0 Å². The summed E-state index contributed by atoms with van der Waals surface area (Å²) >= 11 is 1.12. The standard InChI is InChI=1S/C22H19N3O5S/c1-28-15-7-4-13(5-8-15)12-19-21(27)25-22(31-19)23-20(26)16(24-25)10-14-6-9-17(29-2)18(11-14)30-3/h4-9,11-12H,10H2,1-3H3/b19-12+. The number of aromatic nitrogens is 3. The van der Waals surface area contributed by atoms with Gasteiger partial charge in [0.1, 0.15) is 11.4 Å². The van der Waals surface area contributed by atoms with Crippen molar-refractivity contribution in [3.8, 4) is 17.2 Å². The second-order valence-electron chi connectivity index (χ2n) is 6.61. The van der Waals surface area contributed by atoms with Crippen molar-refractivity contribution in [3.63, 3.8) is 0 Å². The van der Waals surface area contributed by atoms with E-state index >= 15 is 0 Å². The van der Waals surface area contributed by atoms with Crippen LogP contribution in [0.2, 0.25) is 0 Å². The van der Waals surface area contributed by atoms with Crippen LogP contribution in [0.4, 0.5) is 0 Å². The van der Waals surface area contributed by atoms with Crippen molar-refractivity contribution < 1.29 is 14.2 Å². The first-order chi connectivity index (χ1) is 15.0. The molecule has 0 atom stereocenters. The fraction of sp³-hybridized carbons (Fsp3) is 0.182. The van der Waals surface area contributed by atoms with Crippen LogP contribution in [-0.2, 0) is 6.42 Å². The number of methoxy groups -OCH3 is 3. The number of thiazole rings is 1. The number of ether oxygens (including phenoxy) is 3. The first-order valence-electron chi connectivity index (χ1n) is 9.32. The van der Waals surface area contributed by atoms with Crippen molar-refractivity contribution in [3.05, 3.63) is 84.5 Å². The highest BCUT2D eigenvalue weighted by Gasteiger charge is 2.13. The molecule has 0 amide bonds. The van der Waals surface area contributed by atoms with Gasteiger partial charge in [-0.15, -0.1) is 0 Å². The Balaban J connectivity index is 1.73. The lowest BCUT2D eigenvalue weighted by Crippen LogP contribution is -2.28. The smallest absolute Gasteiger partial charge is 0.296 e. The maximum Gasteiger partial charge on any atom is 0.296 e. The Labute approximate surface area is 181 Å². The first-order valence-corrected chi connectivity index (χ1v) is 10.1. The Hall–Kier alpha value is -3.72. The predicted octanol–water partition coefficient (Wildman–Crippen LogP) is 1.68. The van der Waals surface area contributed by atoms with E-state index in [4.69, 9.17) is 14.2 Å². The molecule has 2 aromatic heterocycles. The zero-order chi connectivity index (χ0) is 22.0. The van der Waals surface area contributed by atoms with E-state index in [9.17, 15) is 9.59 Å². The average molecular weight is 437 g/mol. The van der Waals surface area contributed by atoms with Crippen LogP contribution in [0.25, 0.3) is 11.0 Å². The molecule has 4 rings (SSSR count). The molecular weight excluding hydrogens is 418 g/mol. The monoisotopic (exact) mass is 437 g/mol.